The number of methoxy groups -OCH3 is 3. The molecule has 21 nitrogen and oxygen atoms in total. The monoisotopic (exact) mass is 1460 g/mol. The minimum Gasteiger partial charge on any atom is -0.497 e. The third-order valence-electron chi connectivity index (χ3n) is 16.9. The van der Waals surface area contributed by atoms with E-state index < -0.39 is 17.9 Å². The SMILES string of the molecule is COc1ccc(CCc2ccccc2OCC(CN(C)C)OC(=O)CCCCCCC(=O)O)cc1.COc1ccc(CCc2ccccc2OC[C@@H](CN(C)C)OC(=O)CCCCCCC(=O)O)cc1.COc1ccc(CCc2ccccc2OC[C@H](CN(C)C)OC(=O)CCCCCCC(=O)O)cc1. The molecule has 0 aliphatic carbocycles. The summed E-state index contributed by atoms with van der Waals surface area (Å²) in [6, 6.07) is 48.1. The van der Waals surface area contributed by atoms with Crippen LogP contribution < -0.4 is 28.4 Å². The smallest absolute Gasteiger partial charge is 0.306 e. The first-order valence-corrected chi connectivity index (χ1v) is 36.8. The normalized spacial score (nSPS) is 11.8. The van der Waals surface area contributed by atoms with Gasteiger partial charge in [0, 0.05) is 58.2 Å². The Balaban J connectivity index is 0.000000333. The van der Waals surface area contributed by atoms with Crippen LogP contribution >= 0.6 is 0 Å². The highest BCUT2D eigenvalue weighted by molar-refractivity contribution is 5.70. The van der Waals surface area contributed by atoms with Crippen LogP contribution in [0.4, 0.5) is 0 Å². The van der Waals surface area contributed by atoms with E-state index in [1.54, 1.807) is 21.3 Å². The van der Waals surface area contributed by atoms with E-state index in [4.69, 9.17) is 58.0 Å². The van der Waals surface area contributed by atoms with Gasteiger partial charge in [-0.2, -0.15) is 0 Å². The van der Waals surface area contributed by atoms with Gasteiger partial charge in [-0.1, -0.05) is 130 Å². The number of esters is 3. The molecule has 6 rings (SSSR count). The van der Waals surface area contributed by atoms with Gasteiger partial charge in [0.2, 0.25) is 0 Å². The molecule has 0 heterocycles. The molecule has 0 aliphatic rings. The molecule has 6 aromatic rings. The van der Waals surface area contributed by atoms with Crippen molar-refractivity contribution in [2.45, 2.75) is 172 Å². The lowest BCUT2D eigenvalue weighted by Crippen LogP contribution is -2.35. The van der Waals surface area contributed by atoms with Crippen LogP contribution in [0.15, 0.2) is 146 Å². The number of hydrogen-bond donors (Lipinski definition) is 3. The molecule has 0 aliphatic heterocycles. The highest BCUT2D eigenvalue weighted by Crippen LogP contribution is 2.26. The van der Waals surface area contributed by atoms with E-state index in [0.717, 1.165) is 128 Å². The number of carboxylic acid groups (broad SMARTS) is 3. The molecule has 576 valence electrons. The van der Waals surface area contributed by atoms with Crippen LogP contribution in [0, 0.1) is 0 Å². The quantitative estimate of drug-likeness (QED) is 0.0182. The zero-order chi connectivity index (χ0) is 76.4. The topological polar surface area (TPSA) is 256 Å². The summed E-state index contributed by atoms with van der Waals surface area (Å²) in [7, 11) is 16.6. The number of hydrogen-bond acceptors (Lipinski definition) is 18. The summed E-state index contributed by atoms with van der Waals surface area (Å²) in [6.07, 6.45) is 14.4. The summed E-state index contributed by atoms with van der Waals surface area (Å²) >= 11 is 0. The third kappa shape index (κ3) is 41.2. The standard InChI is InChI=1S/3C28H39NO6/c3*1-29(2)20-25(35-28(32)13-7-5-4-6-12-27(30)31)21-34-26-11-9-8-10-23(26)17-14-22-15-18-24(33-3)19-16-22/h3*8-11,15-16,18-19,25H,4-7,12-14,17,20-21H2,1-3H3,(H,30,31)/t2*25-;/m10./s1. The second-order valence-electron chi connectivity index (χ2n) is 26.8. The zero-order valence-corrected chi connectivity index (χ0v) is 63.6. The van der Waals surface area contributed by atoms with Crippen molar-refractivity contribution in [2.75, 3.05) is 103 Å². The molecule has 21 heteroatoms. The number of carbonyl (C=O) groups excluding carboxylic acids is 3. The van der Waals surface area contributed by atoms with Gasteiger partial charge < -0.3 is 72.7 Å². The van der Waals surface area contributed by atoms with Gasteiger partial charge in [-0.05, 0) is 207 Å². The molecule has 0 saturated carbocycles. The van der Waals surface area contributed by atoms with Crippen LogP contribution in [-0.4, -0.2) is 187 Å². The number of para-hydroxylation sites is 3. The summed E-state index contributed by atoms with van der Waals surface area (Å²) < 4.78 is 51.2. The van der Waals surface area contributed by atoms with E-state index in [1.807, 2.05) is 148 Å². The molecule has 0 radical (unpaired) electrons. The van der Waals surface area contributed by atoms with Gasteiger partial charge in [0.05, 0.1) is 21.3 Å². The number of aliphatic carboxylic acids is 3. The van der Waals surface area contributed by atoms with Gasteiger partial charge in [0.1, 0.15) is 72.6 Å². The van der Waals surface area contributed by atoms with E-state index >= 15 is 0 Å². The number of likely N-dealkylation sites (N-methyl/N-ethyl adjacent to an activating group) is 3. The first kappa shape index (κ1) is 88.2. The molecule has 0 spiro atoms. The molecule has 105 heavy (non-hydrogen) atoms. The van der Waals surface area contributed by atoms with Crippen molar-refractivity contribution >= 4 is 35.8 Å². The van der Waals surface area contributed by atoms with Gasteiger partial charge in [-0.25, -0.2) is 0 Å². The number of ether oxygens (including phenoxy) is 9. The van der Waals surface area contributed by atoms with Crippen molar-refractivity contribution < 1.29 is 86.7 Å². The van der Waals surface area contributed by atoms with Gasteiger partial charge in [0.15, 0.2) is 0 Å². The summed E-state index contributed by atoms with van der Waals surface area (Å²) in [6.45, 7) is 2.54. The van der Waals surface area contributed by atoms with E-state index in [2.05, 4.69) is 54.6 Å². The largest absolute Gasteiger partial charge is 0.497 e. The first-order chi connectivity index (χ1) is 50.6. The van der Waals surface area contributed by atoms with E-state index in [0.29, 0.717) is 77.4 Å². The van der Waals surface area contributed by atoms with Crippen LogP contribution in [0.3, 0.4) is 0 Å². The Hall–Kier alpha value is -9.18. The molecule has 0 aromatic heterocycles. The molecular weight excluding hydrogens is 1340 g/mol. The molecule has 0 bridgehead atoms. The number of aryl methyl sites for hydroxylation is 6. The maximum atomic E-state index is 12.4. The third-order valence-corrected chi connectivity index (χ3v) is 16.9. The minimum absolute atomic E-state index is 0.175. The number of unbranched alkanes of at least 4 members (excludes halogenated alkanes) is 9. The maximum absolute atomic E-state index is 12.4. The van der Waals surface area contributed by atoms with Crippen molar-refractivity contribution in [3.8, 4) is 34.5 Å². The molecule has 3 N–H and O–H groups in total. The lowest BCUT2D eigenvalue weighted by molar-refractivity contribution is -0.152. The van der Waals surface area contributed by atoms with Gasteiger partial charge >= 0.3 is 35.8 Å². The molecule has 0 fully saturated rings. The average Bonchev–Trinajstić information content (AvgIpc) is 0.903. The molecule has 0 amide bonds. The number of nitrogens with zero attached hydrogens (tertiary/aromatic N) is 3. The Bertz CT molecular complexity index is 3040. The number of rotatable bonds is 51. The lowest BCUT2D eigenvalue weighted by atomic mass is 10.0. The zero-order valence-electron chi connectivity index (χ0n) is 63.6. The van der Waals surface area contributed by atoms with Gasteiger partial charge in [-0.3, -0.25) is 28.8 Å². The Morgan fingerprint density at radius 1 is 0.305 bits per heavy atom. The van der Waals surface area contributed by atoms with Crippen molar-refractivity contribution in [3.63, 3.8) is 0 Å². The maximum Gasteiger partial charge on any atom is 0.306 e. The fourth-order valence-corrected chi connectivity index (χ4v) is 11.3. The molecule has 3 atom stereocenters. The Morgan fingerprint density at radius 2 is 0.533 bits per heavy atom. The van der Waals surface area contributed by atoms with Crippen LogP contribution in [0.25, 0.3) is 0 Å². The van der Waals surface area contributed by atoms with Crippen molar-refractivity contribution in [2.24, 2.45) is 0 Å². The number of carbonyl (C=O) groups is 6. The van der Waals surface area contributed by atoms with Gasteiger partial charge in [-0.15, -0.1) is 0 Å². The second-order valence-corrected chi connectivity index (χ2v) is 26.8. The lowest BCUT2D eigenvalue weighted by Gasteiger charge is -2.22. The molecular formula is C84H117N3O18. The number of carboxylic acids is 3. The van der Waals surface area contributed by atoms with Crippen LogP contribution in [0.5, 0.6) is 34.5 Å². The van der Waals surface area contributed by atoms with Crippen LogP contribution in [-0.2, 0) is 81.5 Å². The highest BCUT2D eigenvalue weighted by Gasteiger charge is 2.21. The fourth-order valence-electron chi connectivity index (χ4n) is 11.3. The second kappa shape index (κ2) is 52.7. The number of benzene rings is 6. The minimum atomic E-state index is -0.779. The van der Waals surface area contributed by atoms with Crippen LogP contribution in [0.1, 0.15) is 149 Å². The Morgan fingerprint density at radius 3 is 0.752 bits per heavy atom. The predicted octanol–water partition coefficient (Wildman–Crippen LogP) is 14.3. The highest BCUT2D eigenvalue weighted by atomic mass is 16.6. The Kier molecular flexibility index (Phi) is 44.3. The van der Waals surface area contributed by atoms with E-state index in [1.165, 1.54) is 16.7 Å². The molecule has 1 unspecified atom stereocenters. The molecule has 0 saturated heterocycles. The summed E-state index contributed by atoms with van der Waals surface area (Å²) in [5.74, 6) is 1.88. The van der Waals surface area contributed by atoms with E-state index in [-0.39, 0.29) is 75.3 Å². The summed E-state index contributed by atoms with van der Waals surface area (Å²) in [5, 5.41) is 26.1. The summed E-state index contributed by atoms with van der Waals surface area (Å²) in [5.41, 5.74) is 7.01. The van der Waals surface area contributed by atoms with Crippen molar-refractivity contribution in [3.05, 3.63) is 179 Å². The van der Waals surface area contributed by atoms with Crippen molar-refractivity contribution in [1.82, 2.24) is 14.7 Å². The summed E-state index contributed by atoms with van der Waals surface area (Å²) in [4.78, 5) is 74.7. The fraction of sp³-hybridized carbons (Fsp3) is 0.500. The first-order valence-electron chi connectivity index (χ1n) is 36.8. The predicted molar refractivity (Wildman–Crippen MR) is 408 cm³/mol. The van der Waals surface area contributed by atoms with Crippen LogP contribution in [0.2, 0.25) is 0 Å². The van der Waals surface area contributed by atoms with Gasteiger partial charge in [0.25, 0.3) is 0 Å². The van der Waals surface area contributed by atoms with Crippen molar-refractivity contribution in [1.29, 1.82) is 0 Å². The Labute approximate surface area is 623 Å². The van der Waals surface area contributed by atoms with E-state index in [9.17, 15) is 28.8 Å². The average molecular weight is 1460 g/mol. The molecule has 6 aromatic carbocycles.